The SMILES string of the molecule is CCOc1ccc(S(=O)(=O)NCCC(=O)Nc2cccc(CN3CCN(C)CC3)c2)cc1. The van der Waals surface area contributed by atoms with Gasteiger partial charge >= 0.3 is 0 Å². The van der Waals surface area contributed by atoms with E-state index in [0.717, 1.165) is 44.0 Å². The fourth-order valence-corrected chi connectivity index (χ4v) is 4.53. The van der Waals surface area contributed by atoms with E-state index in [4.69, 9.17) is 4.74 Å². The van der Waals surface area contributed by atoms with Gasteiger partial charge in [0.15, 0.2) is 0 Å². The first-order valence-electron chi connectivity index (χ1n) is 10.9. The van der Waals surface area contributed by atoms with Crippen LogP contribution in [0.1, 0.15) is 18.9 Å². The Bertz CT molecular complexity index is 987. The van der Waals surface area contributed by atoms with Gasteiger partial charge in [-0.15, -0.1) is 0 Å². The zero-order valence-electron chi connectivity index (χ0n) is 18.7. The van der Waals surface area contributed by atoms with Crippen molar-refractivity contribution in [2.45, 2.75) is 24.8 Å². The zero-order chi connectivity index (χ0) is 23.0. The van der Waals surface area contributed by atoms with Crippen LogP contribution in [-0.2, 0) is 21.4 Å². The molecule has 1 aliphatic rings. The molecule has 1 saturated heterocycles. The summed E-state index contributed by atoms with van der Waals surface area (Å²) in [6.45, 7) is 7.41. The van der Waals surface area contributed by atoms with E-state index in [2.05, 4.69) is 33.0 Å². The summed E-state index contributed by atoms with van der Waals surface area (Å²) in [6.07, 6.45) is 0.0406. The quantitative estimate of drug-likeness (QED) is 0.565. The van der Waals surface area contributed by atoms with E-state index in [1.807, 2.05) is 25.1 Å². The Labute approximate surface area is 190 Å². The number of amides is 1. The van der Waals surface area contributed by atoms with Crippen molar-refractivity contribution < 1.29 is 17.9 Å². The normalized spacial score (nSPS) is 15.4. The minimum Gasteiger partial charge on any atom is -0.494 e. The highest BCUT2D eigenvalue weighted by Crippen LogP contribution is 2.16. The van der Waals surface area contributed by atoms with Crippen LogP contribution in [0, 0.1) is 0 Å². The average Bonchev–Trinajstić information content (AvgIpc) is 2.76. The summed E-state index contributed by atoms with van der Waals surface area (Å²) < 4.78 is 32.6. The average molecular weight is 461 g/mol. The molecule has 2 aromatic carbocycles. The van der Waals surface area contributed by atoms with Crippen LogP contribution in [0.2, 0.25) is 0 Å². The van der Waals surface area contributed by atoms with E-state index in [9.17, 15) is 13.2 Å². The molecular weight excluding hydrogens is 428 g/mol. The van der Waals surface area contributed by atoms with Crippen LogP contribution >= 0.6 is 0 Å². The Morgan fingerprint density at radius 2 is 1.78 bits per heavy atom. The Kier molecular flexibility index (Phi) is 8.63. The molecule has 0 unspecified atom stereocenters. The first kappa shape index (κ1) is 24.2. The van der Waals surface area contributed by atoms with Gasteiger partial charge in [-0.25, -0.2) is 13.1 Å². The van der Waals surface area contributed by atoms with E-state index >= 15 is 0 Å². The third-order valence-electron chi connectivity index (χ3n) is 5.30. The minimum atomic E-state index is -3.68. The number of ether oxygens (including phenoxy) is 1. The van der Waals surface area contributed by atoms with E-state index in [1.54, 1.807) is 12.1 Å². The molecule has 174 valence electrons. The van der Waals surface area contributed by atoms with Crippen molar-refractivity contribution in [2.75, 3.05) is 51.7 Å². The molecule has 2 aromatic rings. The summed E-state index contributed by atoms with van der Waals surface area (Å²) in [7, 11) is -1.55. The van der Waals surface area contributed by atoms with Gasteiger partial charge in [0.25, 0.3) is 0 Å². The van der Waals surface area contributed by atoms with Crippen LogP contribution in [0.25, 0.3) is 0 Å². The van der Waals surface area contributed by atoms with Crippen LogP contribution in [-0.4, -0.2) is 70.5 Å². The highest BCUT2D eigenvalue weighted by Gasteiger charge is 2.16. The van der Waals surface area contributed by atoms with Crippen LogP contribution in [0.5, 0.6) is 5.75 Å². The molecule has 1 heterocycles. The molecule has 0 spiro atoms. The zero-order valence-corrected chi connectivity index (χ0v) is 19.5. The molecule has 9 heteroatoms. The second-order valence-corrected chi connectivity index (χ2v) is 9.65. The smallest absolute Gasteiger partial charge is 0.240 e. The number of hydrogen-bond acceptors (Lipinski definition) is 6. The third kappa shape index (κ3) is 7.30. The molecule has 0 aromatic heterocycles. The predicted molar refractivity (Wildman–Crippen MR) is 125 cm³/mol. The van der Waals surface area contributed by atoms with Crippen molar-refractivity contribution in [3.05, 3.63) is 54.1 Å². The van der Waals surface area contributed by atoms with Crippen molar-refractivity contribution in [1.82, 2.24) is 14.5 Å². The van der Waals surface area contributed by atoms with Gasteiger partial charge in [-0.3, -0.25) is 9.69 Å². The molecule has 0 saturated carbocycles. The maximum absolute atomic E-state index is 12.4. The summed E-state index contributed by atoms with van der Waals surface area (Å²) in [5.41, 5.74) is 1.86. The number of sulfonamides is 1. The number of nitrogens with one attached hydrogen (secondary N) is 2. The second-order valence-electron chi connectivity index (χ2n) is 7.88. The highest BCUT2D eigenvalue weighted by molar-refractivity contribution is 7.89. The number of piperazine rings is 1. The number of benzene rings is 2. The maximum Gasteiger partial charge on any atom is 0.240 e. The molecule has 0 bridgehead atoms. The Morgan fingerprint density at radius 1 is 1.06 bits per heavy atom. The lowest BCUT2D eigenvalue weighted by Gasteiger charge is -2.32. The van der Waals surface area contributed by atoms with Gasteiger partial charge < -0.3 is 15.0 Å². The molecule has 2 N–H and O–H groups in total. The predicted octanol–water partition coefficient (Wildman–Crippen LogP) is 2.14. The first-order chi connectivity index (χ1) is 15.4. The van der Waals surface area contributed by atoms with Crippen LogP contribution in [0.3, 0.4) is 0 Å². The molecule has 8 nitrogen and oxygen atoms in total. The third-order valence-corrected chi connectivity index (χ3v) is 6.78. The number of likely N-dealkylation sites (N-methyl/N-ethyl adjacent to an activating group) is 1. The van der Waals surface area contributed by atoms with Crippen LogP contribution in [0.4, 0.5) is 5.69 Å². The largest absolute Gasteiger partial charge is 0.494 e. The highest BCUT2D eigenvalue weighted by atomic mass is 32.2. The van der Waals surface area contributed by atoms with Gasteiger partial charge in [-0.1, -0.05) is 12.1 Å². The number of nitrogens with zero attached hydrogens (tertiary/aromatic N) is 2. The maximum atomic E-state index is 12.4. The molecule has 0 atom stereocenters. The second kappa shape index (κ2) is 11.4. The van der Waals surface area contributed by atoms with Gasteiger partial charge in [0.2, 0.25) is 15.9 Å². The molecule has 1 aliphatic heterocycles. The summed E-state index contributed by atoms with van der Waals surface area (Å²) in [6, 6.07) is 14.0. The molecule has 1 fully saturated rings. The molecular formula is C23H32N4O4S. The number of anilines is 1. The van der Waals surface area contributed by atoms with Gasteiger partial charge in [0, 0.05) is 51.4 Å². The summed E-state index contributed by atoms with van der Waals surface area (Å²) in [5.74, 6) is 0.372. The van der Waals surface area contributed by atoms with Crippen molar-refractivity contribution in [3.63, 3.8) is 0 Å². The fraction of sp³-hybridized carbons (Fsp3) is 0.435. The Balaban J connectivity index is 1.46. The lowest BCUT2D eigenvalue weighted by atomic mass is 10.1. The van der Waals surface area contributed by atoms with Crippen molar-refractivity contribution >= 4 is 21.6 Å². The summed E-state index contributed by atoms with van der Waals surface area (Å²) in [5, 5.41) is 2.86. The number of carbonyl (C=O) groups excluding carboxylic acids is 1. The van der Waals surface area contributed by atoms with Gasteiger partial charge in [-0.05, 0) is 55.9 Å². The molecule has 1 amide bonds. The van der Waals surface area contributed by atoms with E-state index in [-0.39, 0.29) is 23.8 Å². The van der Waals surface area contributed by atoms with E-state index in [1.165, 1.54) is 12.1 Å². The number of rotatable bonds is 10. The monoisotopic (exact) mass is 460 g/mol. The number of carbonyl (C=O) groups is 1. The number of hydrogen-bond donors (Lipinski definition) is 2. The lowest BCUT2D eigenvalue weighted by molar-refractivity contribution is -0.116. The topological polar surface area (TPSA) is 91.0 Å². The van der Waals surface area contributed by atoms with Crippen molar-refractivity contribution in [3.8, 4) is 5.75 Å². The molecule has 0 radical (unpaired) electrons. The molecule has 3 rings (SSSR count). The van der Waals surface area contributed by atoms with Gasteiger partial charge in [0.1, 0.15) is 5.75 Å². The standard InChI is InChI=1S/C23H32N4O4S/c1-3-31-21-7-9-22(10-8-21)32(29,30)24-12-11-23(28)25-20-6-4-5-19(17-20)18-27-15-13-26(2)14-16-27/h4-10,17,24H,3,11-16,18H2,1-2H3,(H,25,28). The molecule has 0 aliphatic carbocycles. The van der Waals surface area contributed by atoms with Crippen molar-refractivity contribution in [1.29, 1.82) is 0 Å². The lowest BCUT2D eigenvalue weighted by Crippen LogP contribution is -2.43. The molecule has 32 heavy (non-hydrogen) atoms. The minimum absolute atomic E-state index is 0.0162. The van der Waals surface area contributed by atoms with E-state index in [0.29, 0.717) is 12.4 Å². The fourth-order valence-electron chi connectivity index (χ4n) is 3.50. The Hall–Kier alpha value is -2.46. The summed E-state index contributed by atoms with van der Waals surface area (Å²) in [4.78, 5) is 17.2. The van der Waals surface area contributed by atoms with E-state index < -0.39 is 10.0 Å². The van der Waals surface area contributed by atoms with Crippen molar-refractivity contribution in [2.24, 2.45) is 0 Å². The Morgan fingerprint density at radius 3 is 2.47 bits per heavy atom. The summed E-state index contributed by atoms with van der Waals surface area (Å²) >= 11 is 0. The van der Waals surface area contributed by atoms with Gasteiger partial charge in [0.05, 0.1) is 11.5 Å². The first-order valence-corrected chi connectivity index (χ1v) is 12.4. The van der Waals surface area contributed by atoms with Crippen LogP contribution in [0.15, 0.2) is 53.4 Å². The van der Waals surface area contributed by atoms with Crippen LogP contribution < -0.4 is 14.8 Å². The van der Waals surface area contributed by atoms with Gasteiger partial charge in [-0.2, -0.15) is 0 Å².